The Kier molecular flexibility index (Phi) is 6.44. The van der Waals surface area contributed by atoms with E-state index in [1.54, 1.807) is 0 Å². The zero-order valence-electron chi connectivity index (χ0n) is 26.7. The summed E-state index contributed by atoms with van der Waals surface area (Å²) in [4.78, 5) is 0. The molecule has 9 rings (SSSR count). The lowest BCUT2D eigenvalue weighted by Crippen LogP contribution is -1.99. The summed E-state index contributed by atoms with van der Waals surface area (Å²) >= 11 is 0. The molecule has 0 bridgehead atoms. The Morgan fingerprint density at radius 3 is 1.68 bits per heavy atom. The third-order valence-electron chi connectivity index (χ3n) is 10.2. The van der Waals surface area contributed by atoms with Crippen LogP contribution in [0.15, 0.2) is 158 Å². The molecule has 1 aliphatic rings. The van der Waals surface area contributed by atoms with E-state index in [9.17, 15) is 0 Å². The van der Waals surface area contributed by atoms with E-state index in [1.165, 1.54) is 99.4 Å². The first-order chi connectivity index (χ1) is 23.2. The highest BCUT2D eigenvalue weighted by molar-refractivity contribution is 6.15. The Bertz CT molecular complexity index is 2480. The molecule has 0 radical (unpaired) electrons. The highest BCUT2D eigenvalue weighted by Gasteiger charge is 2.27. The summed E-state index contributed by atoms with van der Waals surface area (Å²) in [6, 6.07) is 58.4. The second-order valence-corrected chi connectivity index (χ2v) is 12.9. The maximum absolute atomic E-state index is 2.42. The molecule has 0 aromatic heterocycles. The third-order valence-corrected chi connectivity index (χ3v) is 10.2. The standard InChI is InChI=1S/C47H34/c1-30-25-43-38-22-12-11-21-36(38)28-44(43)45(31(30)2)39-23-13-14-24-40(39)47-42-27-35-20-10-9-19-34(35)26-37(42)29-41(32-15-5-3-6-16-32)46(47)33-17-7-4-8-18-33/h3-27,29H,28H2,1-2H3. The fourth-order valence-electron chi connectivity index (χ4n) is 7.93. The first kappa shape index (κ1) is 27.6. The van der Waals surface area contributed by atoms with Crippen molar-refractivity contribution in [3.05, 3.63) is 180 Å². The lowest BCUT2D eigenvalue weighted by molar-refractivity contribution is 1.23. The van der Waals surface area contributed by atoms with Crippen LogP contribution in [-0.4, -0.2) is 0 Å². The van der Waals surface area contributed by atoms with Crippen molar-refractivity contribution in [2.75, 3.05) is 0 Å². The minimum Gasteiger partial charge on any atom is -0.0622 e. The molecule has 0 aliphatic heterocycles. The SMILES string of the molecule is Cc1cc2c(c(-c3ccccc3-c3c(-c4ccccc4)c(-c4ccccc4)cc4cc5ccccc5cc34)c1C)Cc1ccccc1-2. The molecule has 0 N–H and O–H groups in total. The third kappa shape index (κ3) is 4.44. The van der Waals surface area contributed by atoms with E-state index >= 15 is 0 Å². The molecule has 8 aromatic rings. The van der Waals surface area contributed by atoms with Crippen LogP contribution in [0.25, 0.3) is 77.2 Å². The average Bonchev–Trinajstić information content (AvgIpc) is 3.49. The summed E-state index contributed by atoms with van der Waals surface area (Å²) in [5, 5.41) is 5.05. The van der Waals surface area contributed by atoms with Crippen molar-refractivity contribution in [1.29, 1.82) is 0 Å². The summed E-state index contributed by atoms with van der Waals surface area (Å²) in [6.07, 6.45) is 0.956. The van der Waals surface area contributed by atoms with Gasteiger partial charge < -0.3 is 0 Å². The Balaban J connectivity index is 1.44. The molecule has 0 saturated carbocycles. The van der Waals surface area contributed by atoms with Gasteiger partial charge in [-0.1, -0.05) is 140 Å². The zero-order chi connectivity index (χ0) is 31.5. The molecular weight excluding hydrogens is 565 g/mol. The molecule has 8 aromatic carbocycles. The Labute approximate surface area is 276 Å². The van der Waals surface area contributed by atoms with Crippen molar-refractivity contribution < 1.29 is 0 Å². The van der Waals surface area contributed by atoms with Gasteiger partial charge in [0.2, 0.25) is 0 Å². The van der Waals surface area contributed by atoms with E-state index in [2.05, 4.69) is 172 Å². The van der Waals surface area contributed by atoms with E-state index < -0.39 is 0 Å². The molecule has 0 heteroatoms. The number of hydrogen-bond acceptors (Lipinski definition) is 0. The van der Waals surface area contributed by atoms with E-state index in [-0.39, 0.29) is 0 Å². The van der Waals surface area contributed by atoms with Gasteiger partial charge in [0.05, 0.1) is 0 Å². The van der Waals surface area contributed by atoms with Crippen molar-refractivity contribution in [3.63, 3.8) is 0 Å². The van der Waals surface area contributed by atoms with Gasteiger partial charge in [0.1, 0.15) is 0 Å². The number of benzene rings is 8. The first-order valence-electron chi connectivity index (χ1n) is 16.6. The van der Waals surface area contributed by atoms with Gasteiger partial charge >= 0.3 is 0 Å². The molecule has 0 spiro atoms. The second-order valence-electron chi connectivity index (χ2n) is 12.9. The summed E-state index contributed by atoms with van der Waals surface area (Å²) in [5.74, 6) is 0. The van der Waals surface area contributed by atoms with Crippen LogP contribution in [0.3, 0.4) is 0 Å². The largest absolute Gasteiger partial charge is 0.0622 e. The highest BCUT2D eigenvalue weighted by Crippen LogP contribution is 2.51. The lowest BCUT2D eigenvalue weighted by atomic mass is 9.79. The van der Waals surface area contributed by atoms with Gasteiger partial charge in [0.15, 0.2) is 0 Å². The molecule has 0 unspecified atom stereocenters. The predicted molar refractivity (Wildman–Crippen MR) is 201 cm³/mol. The molecule has 0 saturated heterocycles. The van der Waals surface area contributed by atoms with Crippen LogP contribution in [0.1, 0.15) is 22.3 Å². The summed E-state index contributed by atoms with van der Waals surface area (Å²) < 4.78 is 0. The number of fused-ring (bicyclic) bond motifs is 5. The fourth-order valence-corrected chi connectivity index (χ4v) is 7.93. The van der Waals surface area contributed by atoms with Crippen LogP contribution in [0.5, 0.6) is 0 Å². The minimum atomic E-state index is 0.956. The molecular formula is C47H34. The number of aryl methyl sites for hydroxylation is 1. The van der Waals surface area contributed by atoms with Crippen LogP contribution in [0.2, 0.25) is 0 Å². The molecule has 222 valence electrons. The van der Waals surface area contributed by atoms with Gasteiger partial charge in [-0.15, -0.1) is 0 Å². The van der Waals surface area contributed by atoms with Crippen molar-refractivity contribution in [1.82, 2.24) is 0 Å². The van der Waals surface area contributed by atoms with Crippen LogP contribution < -0.4 is 0 Å². The quantitative estimate of drug-likeness (QED) is 0.177. The summed E-state index contributed by atoms with van der Waals surface area (Å²) in [5.41, 5.74) is 18.5. The summed E-state index contributed by atoms with van der Waals surface area (Å²) in [6.45, 7) is 4.59. The van der Waals surface area contributed by atoms with E-state index in [1.807, 2.05) is 0 Å². The lowest BCUT2D eigenvalue weighted by Gasteiger charge is -2.24. The maximum atomic E-state index is 2.42. The number of rotatable bonds is 4. The van der Waals surface area contributed by atoms with Crippen molar-refractivity contribution in [2.24, 2.45) is 0 Å². The van der Waals surface area contributed by atoms with Gasteiger partial charge in [-0.3, -0.25) is 0 Å². The molecule has 0 atom stereocenters. The molecule has 0 heterocycles. The van der Waals surface area contributed by atoms with Gasteiger partial charge in [-0.05, 0) is 138 Å². The van der Waals surface area contributed by atoms with Crippen molar-refractivity contribution in [3.8, 4) is 55.6 Å². The monoisotopic (exact) mass is 598 g/mol. The molecule has 47 heavy (non-hydrogen) atoms. The van der Waals surface area contributed by atoms with Crippen molar-refractivity contribution >= 4 is 21.5 Å². The van der Waals surface area contributed by atoms with Crippen LogP contribution in [0, 0.1) is 13.8 Å². The second kappa shape index (κ2) is 11.0. The summed E-state index contributed by atoms with van der Waals surface area (Å²) in [7, 11) is 0. The van der Waals surface area contributed by atoms with E-state index in [4.69, 9.17) is 0 Å². The normalized spacial score (nSPS) is 12.0. The Hall–Kier alpha value is -5.72. The van der Waals surface area contributed by atoms with Crippen LogP contribution in [-0.2, 0) is 6.42 Å². The zero-order valence-corrected chi connectivity index (χ0v) is 26.7. The number of hydrogen-bond donors (Lipinski definition) is 0. The smallest absolute Gasteiger partial charge is 0.000718 e. The molecule has 1 aliphatic carbocycles. The predicted octanol–water partition coefficient (Wildman–Crippen LogP) is 12.8. The van der Waals surface area contributed by atoms with Gasteiger partial charge in [-0.2, -0.15) is 0 Å². The minimum absolute atomic E-state index is 0.956. The molecule has 0 nitrogen and oxygen atoms in total. The van der Waals surface area contributed by atoms with Gasteiger partial charge in [0, 0.05) is 0 Å². The van der Waals surface area contributed by atoms with Gasteiger partial charge in [-0.25, -0.2) is 0 Å². The van der Waals surface area contributed by atoms with Gasteiger partial charge in [0.25, 0.3) is 0 Å². The van der Waals surface area contributed by atoms with E-state index in [0.717, 1.165) is 6.42 Å². The Morgan fingerprint density at radius 1 is 0.383 bits per heavy atom. The topological polar surface area (TPSA) is 0 Å². The van der Waals surface area contributed by atoms with Crippen molar-refractivity contribution in [2.45, 2.75) is 20.3 Å². The van der Waals surface area contributed by atoms with Crippen LogP contribution in [0.4, 0.5) is 0 Å². The molecule has 0 amide bonds. The highest BCUT2D eigenvalue weighted by atomic mass is 14.3. The molecule has 0 fully saturated rings. The Morgan fingerprint density at radius 2 is 0.957 bits per heavy atom. The first-order valence-corrected chi connectivity index (χ1v) is 16.6. The fraction of sp³-hybridized carbons (Fsp3) is 0.0638. The maximum Gasteiger partial charge on any atom is -0.000718 e. The average molecular weight is 599 g/mol. The van der Waals surface area contributed by atoms with Crippen LogP contribution >= 0.6 is 0 Å². The van der Waals surface area contributed by atoms with E-state index in [0.29, 0.717) is 0 Å².